The quantitative estimate of drug-likeness (QED) is 0.672. The van der Waals surface area contributed by atoms with E-state index < -0.39 is 0 Å². The molecule has 1 rings (SSSR count). The lowest BCUT2D eigenvalue weighted by Crippen LogP contribution is -2.37. The first-order valence-corrected chi connectivity index (χ1v) is 5.57. The zero-order valence-electron chi connectivity index (χ0n) is 9.04. The third-order valence-corrected chi connectivity index (χ3v) is 2.63. The lowest BCUT2D eigenvalue weighted by molar-refractivity contribution is 0.00836. The number of rotatable bonds is 5. The van der Waals surface area contributed by atoms with Crippen LogP contribution in [-0.2, 0) is 4.74 Å². The highest BCUT2D eigenvalue weighted by molar-refractivity contribution is 4.77. The standard InChI is InChI=1S/C11H20N2O/c1-2-10-14-11-4-8-13(9-5-11)7-3-6-12/h11H,2-5,7-10H2,1H3. The summed E-state index contributed by atoms with van der Waals surface area (Å²) in [5, 5.41) is 8.46. The zero-order chi connectivity index (χ0) is 10.2. The zero-order valence-corrected chi connectivity index (χ0v) is 9.04. The Bertz CT molecular complexity index is 180. The van der Waals surface area contributed by atoms with Crippen molar-refractivity contribution in [3.63, 3.8) is 0 Å². The Hall–Kier alpha value is -0.590. The summed E-state index contributed by atoms with van der Waals surface area (Å²) in [6.07, 6.45) is 4.49. The minimum atomic E-state index is 0.466. The third-order valence-electron chi connectivity index (χ3n) is 2.63. The van der Waals surface area contributed by atoms with Gasteiger partial charge in [0.2, 0.25) is 0 Å². The number of likely N-dealkylation sites (tertiary alicyclic amines) is 1. The van der Waals surface area contributed by atoms with E-state index in [1.54, 1.807) is 0 Å². The summed E-state index contributed by atoms with van der Waals surface area (Å²) in [5.41, 5.74) is 0. The monoisotopic (exact) mass is 196 g/mol. The highest BCUT2D eigenvalue weighted by Crippen LogP contribution is 2.13. The number of ether oxygens (including phenoxy) is 1. The third kappa shape index (κ3) is 4.08. The van der Waals surface area contributed by atoms with Crippen LogP contribution in [0.2, 0.25) is 0 Å². The molecule has 0 spiro atoms. The van der Waals surface area contributed by atoms with Gasteiger partial charge in [-0.15, -0.1) is 0 Å². The summed E-state index contributed by atoms with van der Waals surface area (Å²) in [5.74, 6) is 0. The van der Waals surface area contributed by atoms with E-state index in [0.717, 1.165) is 45.5 Å². The van der Waals surface area contributed by atoms with Crippen molar-refractivity contribution in [2.45, 2.75) is 38.7 Å². The van der Waals surface area contributed by atoms with Crippen LogP contribution in [0.1, 0.15) is 32.6 Å². The number of nitrogens with zero attached hydrogens (tertiary/aromatic N) is 2. The maximum atomic E-state index is 8.46. The van der Waals surface area contributed by atoms with E-state index in [1.807, 2.05) is 0 Å². The van der Waals surface area contributed by atoms with Crippen molar-refractivity contribution in [3.05, 3.63) is 0 Å². The lowest BCUT2D eigenvalue weighted by Gasteiger charge is -2.31. The van der Waals surface area contributed by atoms with Gasteiger partial charge in [0.15, 0.2) is 0 Å². The van der Waals surface area contributed by atoms with Crippen molar-refractivity contribution in [1.29, 1.82) is 5.26 Å². The second-order valence-corrected chi connectivity index (χ2v) is 3.82. The predicted molar refractivity (Wildman–Crippen MR) is 55.9 cm³/mol. The second-order valence-electron chi connectivity index (χ2n) is 3.82. The Balaban J connectivity index is 2.09. The van der Waals surface area contributed by atoms with E-state index in [1.165, 1.54) is 0 Å². The molecule has 0 radical (unpaired) electrons. The fourth-order valence-corrected chi connectivity index (χ4v) is 1.79. The SMILES string of the molecule is CCCOC1CCN(CCC#N)CC1. The van der Waals surface area contributed by atoms with E-state index >= 15 is 0 Å². The number of piperidine rings is 1. The van der Waals surface area contributed by atoms with Gasteiger partial charge >= 0.3 is 0 Å². The van der Waals surface area contributed by atoms with Crippen LogP contribution in [0, 0.1) is 11.3 Å². The Labute approximate surface area is 86.6 Å². The molecule has 0 N–H and O–H groups in total. The lowest BCUT2D eigenvalue weighted by atomic mass is 10.1. The molecule has 0 saturated carbocycles. The van der Waals surface area contributed by atoms with Crippen LogP contribution in [0.3, 0.4) is 0 Å². The first kappa shape index (κ1) is 11.5. The largest absolute Gasteiger partial charge is 0.378 e. The molecule has 80 valence electrons. The van der Waals surface area contributed by atoms with Gasteiger partial charge in [-0.1, -0.05) is 6.92 Å². The number of nitriles is 1. The normalized spacial score (nSPS) is 19.4. The Morgan fingerprint density at radius 1 is 1.43 bits per heavy atom. The molecule has 0 aromatic heterocycles. The Kier molecular flexibility index (Phi) is 5.58. The molecule has 14 heavy (non-hydrogen) atoms. The van der Waals surface area contributed by atoms with E-state index in [-0.39, 0.29) is 0 Å². The van der Waals surface area contributed by atoms with Crippen LogP contribution in [0.5, 0.6) is 0 Å². The molecule has 0 atom stereocenters. The van der Waals surface area contributed by atoms with Crippen molar-refractivity contribution >= 4 is 0 Å². The van der Waals surface area contributed by atoms with Gasteiger partial charge in [-0.3, -0.25) is 0 Å². The van der Waals surface area contributed by atoms with E-state index in [0.29, 0.717) is 12.5 Å². The fraction of sp³-hybridized carbons (Fsp3) is 0.909. The van der Waals surface area contributed by atoms with Crippen LogP contribution in [0.4, 0.5) is 0 Å². The van der Waals surface area contributed by atoms with Gasteiger partial charge in [-0.05, 0) is 19.3 Å². The minimum Gasteiger partial charge on any atom is -0.378 e. The predicted octanol–water partition coefficient (Wildman–Crippen LogP) is 1.79. The summed E-state index contributed by atoms with van der Waals surface area (Å²) < 4.78 is 5.69. The Morgan fingerprint density at radius 3 is 2.71 bits per heavy atom. The van der Waals surface area contributed by atoms with Crippen LogP contribution in [0.25, 0.3) is 0 Å². The Morgan fingerprint density at radius 2 is 2.14 bits per heavy atom. The molecule has 1 heterocycles. The summed E-state index contributed by atoms with van der Waals surface area (Å²) in [4.78, 5) is 2.36. The van der Waals surface area contributed by atoms with Crippen LogP contribution >= 0.6 is 0 Å². The molecule has 1 fully saturated rings. The van der Waals surface area contributed by atoms with Crippen LogP contribution in [-0.4, -0.2) is 37.2 Å². The number of hydrogen-bond donors (Lipinski definition) is 0. The molecule has 3 heteroatoms. The first-order chi connectivity index (χ1) is 6.86. The molecule has 0 aromatic rings. The van der Waals surface area contributed by atoms with Crippen LogP contribution in [0.15, 0.2) is 0 Å². The summed E-state index contributed by atoms with van der Waals surface area (Å²) >= 11 is 0. The van der Waals surface area contributed by atoms with Gasteiger partial charge in [-0.2, -0.15) is 5.26 Å². The summed E-state index contributed by atoms with van der Waals surface area (Å²) in [6.45, 7) is 6.15. The highest BCUT2D eigenvalue weighted by Gasteiger charge is 2.18. The maximum Gasteiger partial charge on any atom is 0.0635 e. The molecular formula is C11H20N2O. The average molecular weight is 196 g/mol. The molecule has 1 aliphatic heterocycles. The van der Waals surface area contributed by atoms with Gasteiger partial charge in [0, 0.05) is 32.7 Å². The van der Waals surface area contributed by atoms with Gasteiger partial charge in [0.1, 0.15) is 0 Å². The van der Waals surface area contributed by atoms with Crippen molar-refractivity contribution in [3.8, 4) is 6.07 Å². The van der Waals surface area contributed by atoms with Gasteiger partial charge in [-0.25, -0.2) is 0 Å². The minimum absolute atomic E-state index is 0.466. The molecule has 1 saturated heterocycles. The first-order valence-electron chi connectivity index (χ1n) is 5.57. The molecule has 0 amide bonds. The van der Waals surface area contributed by atoms with Crippen molar-refractivity contribution in [2.24, 2.45) is 0 Å². The number of hydrogen-bond acceptors (Lipinski definition) is 3. The fourth-order valence-electron chi connectivity index (χ4n) is 1.79. The summed E-state index contributed by atoms with van der Waals surface area (Å²) in [7, 11) is 0. The van der Waals surface area contributed by atoms with Crippen molar-refractivity contribution in [1.82, 2.24) is 4.90 Å². The van der Waals surface area contributed by atoms with Crippen molar-refractivity contribution < 1.29 is 4.74 Å². The van der Waals surface area contributed by atoms with Crippen molar-refractivity contribution in [2.75, 3.05) is 26.2 Å². The smallest absolute Gasteiger partial charge is 0.0635 e. The van der Waals surface area contributed by atoms with E-state index in [9.17, 15) is 0 Å². The molecular weight excluding hydrogens is 176 g/mol. The second kappa shape index (κ2) is 6.80. The highest BCUT2D eigenvalue weighted by atomic mass is 16.5. The molecule has 0 bridgehead atoms. The van der Waals surface area contributed by atoms with Gasteiger partial charge < -0.3 is 9.64 Å². The molecule has 3 nitrogen and oxygen atoms in total. The molecule has 1 aliphatic rings. The summed E-state index contributed by atoms with van der Waals surface area (Å²) in [6, 6.07) is 2.19. The van der Waals surface area contributed by atoms with Gasteiger partial charge in [0.05, 0.1) is 12.2 Å². The topological polar surface area (TPSA) is 36.3 Å². The van der Waals surface area contributed by atoms with E-state index in [4.69, 9.17) is 10.00 Å². The van der Waals surface area contributed by atoms with E-state index in [2.05, 4.69) is 17.9 Å². The average Bonchev–Trinajstić information content (AvgIpc) is 2.25. The van der Waals surface area contributed by atoms with Gasteiger partial charge in [0.25, 0.3) is 0 Å². The molecule has 0 unspecified atom stereocenters. The maximum absolute atomic E-state index is 8.46. The molecule has 0 aliphatic carbocycles. The molecule has 0 aromatic carbocycles. The van der Waals surface area contributed by atoms with Crippen LogP contribution < -0.4 is 0 Å².